The van der Waals surface area contributed by atoms with Gasteiger partial charge in [-0.25, -0.2) is 0 Å². The third-order valence-electron chi connectivity index (χ3n) is 2.85. The minimum absolute atomic E-state index is 0.0292. The van der Waals surface area contributed by atoms with E-state index in [1.54, 1.807) is 6.92 Å². The highest BCUT2D eigenvalue weighted by Crippen LogP contribution is 2.17. The Bertz CT molecular complexity index is 255. The molecule has 0 rings (SSSR count). The zero-order valence-corrected chi connectivity index (χ0v) is 11.4. The smallest absolute Gasteiger partial charge is 0.303 e. The SMILES string of the molecule is CCCC(CCNC(=O)CC(C)N)CCC(=O)O. The zero-order chi connectivity index (χ0) is 14.0. The summed E-state index contributed by atoms with van der Waals surface area (Å²) in [4.78, 5) is 21.9. The standard InChI is InChI=1S/C13H26N2O3/c1-3-4-11(5-6-13(17)18)7-8-15-12(16)9-10(2)14/h10-11H,3-9,14H2,1-2H3,(H,15,16)(H,17,18). The topological polar surface area (TPSA) is 92.4 Å². The van der Waals surface area contributed by atoms with Gasteiger partial charge in [-0.15, -0.1) is 0 Å². The average Bonchev–Trinajstić information content (AvgIpc) is 2.24. The Kier molecular flexibility index (Phi) is 9.28. The predicted molar refractivity (Wildman–Crippen MR) is 71.2 cm³/mol. The molecule has 2 unspecified atom stereocenters. The normalized spacial score (nSPS) is 13.9. The molecule has 0 heterocycles. The molecule has 5 nitrogen and oxygen atoms in total. The van der Waals surface area contributed by atoms with Gasteiger partial charge in [0.05, 0.1) is 0 Å². The Morgan fingerprint density at radius 2 is 1.94 bits per heavy atom. The molecule has 0 saturated heterocycles. The quantitative estimate of drug-likeness (QED) is 0.554. The fourth-order valence-electron chi connectivity index (χ4n) is 1.95. The third-order valence-corrected chi connectivity index (χ3v) is 2.85. The van der Waals surface area contributed by atoms with Gasteiger partial charge < -0.3 is 16.2 Å². The van der Waals surface area contributed by atoms with Crippen LogP contribution in [-0.2, 0) is 9.59 Å². The number of hydrogen-bond acceptors (Lipinski definition) is 3. The molecule has 0 saturated carbocycles. The van der Waals surface area contributed by atoms with Crippen LogP contribution >= 0.6 is 0 Å². The number of amides is 1. The minimum Gasteiger partial charge on any atom is -0.481 e. The summed E-state index contributed by atoms with van der Waals surface area (Å²) in [6.07, 6.45) is 4.12. The molecular weight excluding hydrogens is 232 g/mol. The van der Waals surface area contributed by atoms with Crippen molar-refractivity contribution in [2.75, 3.05) is 6.54 Å². The summed E-state index contributed by atoms with van der Waals surface area (Å²) < 4.78 is 0. The summed E-state index contributed by atoms with van der Waals surface area (Å²) >= 11 is 0. The number of carboxylic acids is 1. The van der Waals surface area contributed by atoms with E-state index in [2.05, 4.69) is 12.2 Å². The van der Waals surface area contributed by atoms with E-state index in [9.17, 15) is 9.59 Å². The van der Waals surface area contributed by atoms with Crippen molar-refractivity contribution in [2.24, 2.45) is 11.7 Å². The fraction of sp³-hybridized carbons (Fsp3) is 0.846. The van der Waals surface area contributed by atoms with Gasteiger partial charge in [0, 0.05) is 25.4 Å². The number of hydrogen-bond donors (Lipinski definition) is 3. The highest BCUT2D eigenvalue weighted by molar-refractivity contribution is 5.76. The molecule has 0 aromatic rings. The Balaban J connectivity index is 3.81. The number of rotatable bonds is 10. The van der Waals surface area contributed by atoms with E-state index in [1.165, 1.54) is 0 Å². The summed E-state index contributed by atoms with van der Waals surface area (Å²) in [6, 6.07) is -0.122. The largest absolute Gasteiger partial charge is 0.481 e. The van der Waals surface area contributed by atoms with Gasteiger partial charge in [0.15, 0.2) is 0 Å². The van der Waals surface area contributed by atoms with Crippen LogP contribution in [0.3, 0.4) is 0 Å². The Morgan fingerprint density at radius 3 is 2.44 bits per heavy atom. The molecule has 106 valence electrons. The van der Waals surface area contributed by atoms with E-state index in [4.69, 9.17) is 10.8 Å². The maximum atomic E-state index is 11.4. The van der Waals surface area contributed by atoms with Crippen molar-refractivity contribution in [3.63, 3.8) is 0 Å². The molecule has 0 aromatic heterocycles. The van der Waals surface area contributed by atoms with Crippen molar-refractivity contribution < 1.29 is 14.7 Å². The summed E-state index contributed by atoms with van der Waals surface area (Å²) in [7, 11) is 0. The van der Waals surface area contributed by atoms with E-state index >= 15 is 0 Å². The van der Waals surface area contributed by atoms with Gasteiger partial charge in [-0.2, -0.15) is 0 Å². The maximum Gasteiger partial charge on any atom is 0.303 e. The van der Waals surface area contributed by atoms with Gasteiger partial charge in [-0.3, -0.25) is 9.59 Å². The molecule has 4 N–H and O–H groups in total. The number of nitrogens with two attached hydrogens (primary N) is 1. The second-order valence-corrected chi connectivity index (χ2v) is 4.91. The molecule has 0 fully saturated rings. The van der Waals surface area contributed by atoms with Crippen molar-refractivity contribution in [1.29, 1.82) is 0 Å². The van der Waals surface area contributed by atoms with Gasteiger partial charge in [-0.1, -0.05) is 19.8 Å². The monoisotopic (exact) mass is 258 g/mol. The van der Waals surface area contributed by atoms with E-state index in [0.29, 0.717) is 25.3 Å². The van der Waals surface area contributed by atoms with Gasteiger partial charge >= 0.3 is 5.97 Å². The van der Waals surface area contributed by atoms with Crippen LogP contribution < -0.4 is 11.1 Å². The van der Waals surface area contributed by atoms with Crippen LogP contribution in [0.4, 0.5) is 0 Å². The number of carbonyl (C=O) groups excluding carboxylic acids is 1. The molecule has 0 bridgehead atoms. The first-order valence-corrected chi connectivity index (χ1v) is 6.69. The summed E-state index contributed by atoms with van der Waals surface area (Å²) in [5, 5.41) is 11.5. The molecule has 0 aliphatic rings. The van der Waals surface area contributed by atoms with E-state index < -0.39 is 5.97 Å². The van der Waals surface area contributed by atoms with Crippen molar-refractivity contribution in [2.45, 2.75) is 58.4 Å². The van der Waals surface area contributed by atoms with Crippen LogP contribution in [0.5, 0.6) is 0 Å². The van der Waals surface area contributed by atoms with E-state index in [0.717, 1.165) is 19.3 Å². The average molecular weight is 258 g/mol. The molecular formula is C13H26N2O3. The molecule has 0 aliphatic carbocycles. The number of carbonyl (C=O) groups is 2. The summed E-state index contributed by atoms with van der Waals surface area (Å²) in [6.45, 7) is 4.49. The lowest BCUT2D eigenvalue weighted by molar-refractivity contribution is -0.137. The van der Waals surface area contributed by atoms with Gasteiger partial charge in [0.25, 0.3) is 0 Å². The molecule has 0 aliphatic heterocycles. The maximum absolute atomic E-state index is 11.4. The van der Waals surface area contributed by atoms with Crippen LogP contribution in [0.15, 0.2) is 0 Å². The number of aliphatic carboxylic acids is 1. The highest BCUT2D eigenvalue weighted by atomic mass is 16.4. The Labute approximate surface area is 109 Å². The van der Waals surface area contributed by atoms with Gasteiger partial charge in [0.1, 0.15) is 0 Å². The summed E-state index contributed by atoms with van der Waals surface area (Å²) in [5.41, 5.74) is 5.53. The zero-order valence-electron chi connectivity index (χ0n) is 11.4. The van der Waals surface area contributed by atoms with Crippen LogP contribution in [0.2, 0.25) is 0 Å². The van der Waals surface area contributed by atoms with Crippen molar-refractivity contribution in [3.05, 3.63) is 0 Å². The Hall–Kier alpha value is -1.10. The number of carboxylic acid groups (broad SMARTS) is 1. The number of nitrogens with one attached hydrogen (secondary N) is 1. The lowest BCUT2D eigenvalue weighted by Gasteiger charge is -2.15. The lowest BCUT2D eigenvalue weighted by atomic mass is 9.94. The van der Waals surface area contributed by atoms with E-state index in [-0.39, 0.29) is 18.4 Å². The van der Waals surface area contributed by atoms with Crippen LogP contribution in [0.25, 0.3) is 0 Å². The first-order valence-electron chi connectivity index (χ1n) is 6.69. The molecule has 5 heteroatoms. The second-order valence-electron chi connectivity index (χ2n) is 4.91. The predicted octanol–water partition coefficient (Wildman–Crippen LogP) is 1.51. The third kappa shape index (κ3) is 10.1. The second kappa shape index (κ2) is 9.88. The van der Waals surface area contributed by atoms with Gasteiger partial charge in [-0.05, 0) is 25.7 Å². The first kappa shape index (κ1) is 16.9. The van der Waals surface area contributed by atoms with Crippen molar-refractivity contribution in [1.82, 2.24) is 5.32 Å². The first-order chi connectivity index (χ1) is 8.45. The molecule has 1 amide bonds. The molecule has 0 aromatic carbocycles. The van der Waals surface area contributed by atoms with Crippen molar-refractivity contribution in [3.8, 4) is 0 Å². The van der Waals surface area contributed by atoms with Gasteiger partial charge in [0.2, 0.25) is 5.91 Å². The highest BCUT2D eigenvalue weighted by Gasteiger charge is 2.11. The Morgan fingerprint density at radius 1 is 1.28 bits per heavy atom. The van der Waals surface area contributed by atoms with Crippen LogP contribution in [0, 0.1) is 5.92 Å². The van der Waals surface area contributed by atoms with E-state index in [1.807, 2.05) is 0 Å². The van der Waals surface area contributed by atoms with Crippen LogP contribution in [-0.4, -0.2) is 29.6 Å². The molecule has 0 spiro atoms. The molecule has 2 atom stereocenters. The summed E-state index contributed by atoms with van der Waals surface area (Å²) in [5.74, 6) is -0.405. The molecule has 0 radical (unpaired) electrons. The lowest BCUT2D eigenvalue weighted by Crippen LogP contribution is -2.31. The molecule has 18 heavy (non-hydrogen) atoms. The fourth-order valence-corrected chi connectivity index (χ4v) is 1.95. The minimum atomic E-state index is -0.753. The van der Waals surface area contributed by atoms with Crippen LogP contribution in [0.1, 0.15) is 52.4 Å². The van der Waals surface area contributed by atoms with Crippen molar-refractivity contribution >= 4 is 11.9 Å².